The van der Waals surface area contributed by atoms with E-state index in [9.17, 15) is 4.79 Å². The first-order chi connectivity index (χ1) is 13.3. The van der Waals surface area contributed by atoms with Crippen LogP contribution in [0.2, 0.25) is 0 Å². The van der Waals surface area contributed by atoms with Crippen molar-refractivity contribution >= 4 is 5.91 Å². The molecule has 0 spiro atoms. The summed E-state index contributed by atoms with van der Waals surface area (Å²) in [5.74, 6) is 1.44. The lowest BCUT2D eigenvalue weighted by molar-refractivity contribution is 0.0953. The molecule has 4 heteroatoms. The van der Waals surface area contributed by atoms with E-state index in [0.717, 1.165) is 12.2 Å². The molecule has 3 rings (SSSR count). The topological polar surface area (TPSA) is 47.6 Å². The number of hydrogen-bond donors (Lipinski definition) is 1. The molecule has 0 radical (unpaired) electrons. The molecule has 2 aromatic rings. The van der Waals surface area contributed by atoms with Crippen molar-refractivity contribution in [3.63, 3.8) is 0 Å². The van der Waals surface area contributed by atoms with Crippen LogP contribution in [0.4, 0.5) is 0 Å². The highest BCUT2D eigenvalue weighted by molar-refractivity contribution is 5.94. The van der Waals surface area contributed by atoms with Gasteiger partial charge in [-0.3, -0.25) is 4.79 Å². The van der Waals surface area contributed by atoms with Crippen molar-refractivity contribution in [1.29, 1.82) is 0 Å². The van der Waals surface area contributed by atoms with E-state index >= 15 is 0 Å². The molecule has 0 fully saturated rings. The zero-order valence-corrected chi connectivity index (χ0v) is 15.7. The summed E-state index contributed by atoms with van der Waals surface area (Å²) < 4.78 is 11.3. The van der Waals surface area contributed by atoms with Crippen LogP contribution >= 0.6 is 0 Å². The molecular weight excluding hydrogens is 338 g/mol. The summed E-state index contributed by atoms with van der Waals surface area (Å²) in [6.07, 6.45) is 8.17. The van der Waals surface area contributed by atoms with Gasteiger partial charge < -0.3 is 14.8 Å². The molecule has 0 aromatic heterocycles. The molecule has 27 heavy (non-hydrogen) atoms. The van der Waals surface area contributed by atoms with Gasteiger partial charge in [-0.2, -0.15) is 0 Å². The predicted octanol–water partition coefficient (Wildman–Crippen LogP) is 4.76. The highest BCUT2D eigenvalue weighted by Gasteiger charge is 2.08. The SMILES string of the molecule is O=C(NCCC1=CCCCC1)c1cccc(OCCOc2ccccc2)c1. The van der Waals surface area contributed by atoms with Crippen molar-refractivity contribution in [1.82, 2.24) is 5.32 Å². The number of para-hydroxylation sites is 1. The fraction of sp³-hybridized carbons (Fsp3) is 0.348. The predicted molar refractivity (Wildman–Crippen MR) is 107 cm³/mol. The summed E-state index contributed by atoms with van der Waals surface area (Å²) >= 11 is 0. The van der Waals surface area contributed by atoms with Gasteiger partial charge in [0, 0.05) is 12.1 Å². The summed E-state index contributed by atoms with van der Waals surface area (Å²) in [4.78, 5) is 12.3. The van der Waals surface area contributed by atoms with E-state index < -0.39 is 0 Å². The molecule has 0 atom stereocenters. The van der Waals surface area contributed by atoms with Crippen LogP contribution in [-0.2, 0) is 0 Å². The third-order valence-electron chi connectivity index (χ3n) is 4.58. The fourth-order valence-electron chi connectivity index (χ4n) is 3.13. The van der Waals surface area contributed by atoms with E-state index in [1.807, 2.05) is 48.5 Å². The number of nitrogens with one attached hydrogen (secondary N) is 1. The van der Waals surface area contributed by atoms with Crippen molar-refractivity contribution in [3.8, 4) is 11.5 Å². The van der Waals surface area contributed by atoms with Crippen molar-refractivity contribution < 1.29 is 14.3 Å². The zero-order chi connectivity index (χ0) is 18.7. The van der Waals surface area contributed by atoms with E-state index in [2.05, 4.69) is 11.4 Å². The van der Waals surface area contributed by atoms with Gasteiger partial charge in [-0.25, -0.2) is 0 Å². The van der Waals surface area contributed by atoms with Crippen molar-refractivity contribution in [3.05, 3.63) is 71.8 Å². The first-order valence-electron chi connectivity index (χ1n) is 9.68. The minimum Gasteiger partial charge on any atom is -0.490 e. The molecule has 142 valence electrons. The Morgan fingerprint density at radius 2 is 1.70 bits per heavy atom. The number of benzene rings is 2. The number of allylic oxidation sites excluding steroid dienone is 1. The normalized spacial score (nSPS) is 13.6. The largest absolute Gasteiger partial charge is 0.490 e. The lowest BCUT2D eigenvalue weighted by Gasteiger charge is -2.13. The second kappa shape index (κ2) is 10.4. The second-order valence-electron chi connectivity index (χ2n) is 6.65. The molecule has 0 saturated carbocycles. The van der Waals surface area contributed by atoms with Crippen LogP contribution in [0.3, 0.4) is 0 Å². The molecule has 1 aliphatic rings. The van der Waals surface area contributed by atoms with Gasteiger partial charge >= 0.3 is 0 Å². The molecule has 4 nitrogen and oxygen atoms in total. The van der Waals surface area contributed by atoms with Gasteiger partial charge in [-0.05, 0) is 62.4 Å². The van der Waals surface area contributed by atoms with Crippen LogP contribution in [-0.4, -0.2) is 25.7 Å². The maximum absolute atomic E-state index is 12.3. The Bertz CT molecular complexity index is 755. The summed E-state index contributed by atoms with van der Waals surface area (Å²) in [5, 5.41) is 3.00. The Morgan fingerprint density at radius 1 is 0.926 bits per heavy atom. The molecule has 1 N–H and O–H groups in total. The van der Waals surface area contributed by atoms with E-state index in [4.69, 9.17) is 9.47 Å². The van der Waals surface area contributed by atoms with Crippen LogP contribution in [0.1, 0.15) is 42.5 Å². The Balaban J connectivity index is 1.40. The molecule has 0 unspecified atom stereocenters. The van der Waals surface area contributed by atoms with Gasteiger partial charge in [0.15, 0.2) is 0 Å². The Hall–Kier alpha value is -2.75. The van der Waals surface area contributed by atoms with Crippen LogP contribution in [0.25, 0.3) is 0 Å². The van der Waals surface area contributed by atoms with Gasteiger partial charge in [-0.15, -0.1) is 0 Å². The minimum atomic E-state index is -0.0580. The van der Waals surface area contributed by atoms with Gasteiger partial charge in [0.1, 0.15) is 24.7 Å². The van der Waals surface area contributed by atoms with Gasteiger partial charge in [0.05, 0.1) is 0 Å². The smallest absolute Gasteiger partial charge is 0.251 e. The summed E-state index contributed by atoms with van der Waals surface area (Å²) in [7, 11) is 0. The molecule has 0 bridgehead atoms. The molecule has 2 aromatic carbocycles. The number of amides is 1. The maximum atomic E-state index is 12.3. The number of hydrogen-bond acceptors (Lipinski definition) is 3. The number of carbonyl (C=O) groups is 1. The quantitative estimate of drug-likeness (QED) is 0.515. The first kappa shape index (κ1) is 19.0. The number of rotatable bonds is 9. The third kappa shape index (κ3) is 6.48. The molecule has 0 heterocycles. The highest BCUT2D eigenvalue weighted by Crippen LogP contribution is 2.19. The van der Waals surface area contributed by atoms with E-state index in [-0.39, 0.29) is 5.91 Å². The Morgan fingerprint density at radius 3 is 2.48 bits per heavy atom. The van der Waals surface area contributed by atoms with Crippen LogP contribution in [0.5, 0.6) is 11.5 Å². The van der Waals surface area contributed by atoms with E-state index in [1.54, 1.807) is 6.07 Å². The standard InChI is InChI=1S/C23H27NO3/c25-23(24-15-14-19-8-3-1-4-9-19)20-10-7-13-22(18-20)27-17-16-26-21-11-5-2-6-12-21/h2,5-8,10-13,18H,1,3-4,9,14-17H2,(H,24,25). The first-order valence-corrected chi connectivity index (χ1v) is 9.68. The van der Waals surface area contributed by atoms with E-state index in [0.29, 0.717) is 31.1 Å². The average molecular weight is 365 g/mol. The van der Waals surface area contributed by atoms with Gasteiger partial charge in [0.2, 0.25) is 0 Å². The molecule has 0 saturated heterocycles. The Labute approximate surface area is 161 Å². The van der Waals surface area contributed by atoms with Gasteiger partial charge in [0.25, 0.3) is 5.91 Å². The average Bonchev–Trinajstić information content (AvgIpc) is 2.73. The molecular formula is C23H27NO3. The van der Waals surface area contributed by atoms with Crippen molar-refractivity contribution in [2.45, 2.75) is 32.1 Å². The molecule has 0 aliphatic heterocycles. The lowest BCUT2D eigenvalue weighted by atomic mass is 9.97. The Kier molecular flexibility index (Phi) is 7.34. The third-order valence-corrected chi connectivity index (χ3v) is 4.58. The summed E-state index contributed by atoms with van der Waals surface area (Å²) in [6.45, 7) is 1.56. The number of ether oxygens (including phenoxy) is 2. The van der Waals surface area contributed by atoms with Crippen LogP contribution < -0.4 is 14.8 Å². The zero-order valence-electron chi connectivity index (χ0n) is 15.7. The number of carbonyl (C=O) groups excluding carboxylic acids is 1. The maximum Gasteiger partial charge on any atom is 0.251 e. The fourth-order valence-corrected chi connectivity index (χ4v) is 3.13. The van der Waals surface area contributed by atoms with Crippen LogP contribution in [0, 0.1) is 0 Å². The van der Waals surface area contributed by atoms with Gasteiger partial charge in [-0.1, -0.05) is 35.9 Å². The van der Waals surface area contributed by atoms with E-state index in [1.165, 1.54) is 31.3 Å². The molecule has 1 aliphatic carbocycles. The monoisotopic (exact) mass is 365 g/mol. The van der Waals surface area contributed by atoms with Crippen molar-refractivity contribution in [2.75, 3.05) is 19.8 Å². The second-order valence-corrected chi connectivity index (χ2v) is 6.65. The minimum absolute atomic E-state index is 0.0580. The lowest BCUT2D eigenvalue weighted by Crippen LogP contribution is -2.24. The van der Waals surface area contributed by atoms with Crippen LogP contribution in [0.15, 0.2) is 66.2 Å². The summed E-state index contributed by atoms with van der Waals surface area (Å²) in [5.41, 5.74) is 2.09. The highest BCUT2D eigenvalue weighted by atomic mass is 16.5. The van der Waals surface area contributed by atoms with Crippen molar-refractivity contribution in [2.24, 2.45) is 0 Å². The molecule has 1 amide bonds. The summed E-state index contributed by atoms with van der Waals surface area (Å²) in [6, 6.07) is 16.9.